The highest BCUT2D eigenvalue weighted by atomic mass is 19.1. The van der Waals surface area contributed by atoms with Crippen molar-refractivity contribution in [2.24, 2.45) is 0 Å². The summed E-state index contributed by atoms with van der Waals surface area (Å²) in [5.74, 6) is 0.636. The van der Waals surface area contributed by atoms with Crippen LogP contribution in [0.4, 0.5) is 21.6 Å². The predicted octanol–water partition coefficient (Wildman–Crippen LogP) is 3.58. The van der Waals surface area contributed by atoms with Crippen LogP contribution in [-0.4, -0.2) is 31.3 Å². The number of benzene rings is 1. The van der Waals surface area contributed by atoms with Gasteiger partial charge in [0, 0.05) is 36.3 Å². The fraction of sp³-hybridized carbons (Fsp3) is 0.238. The molecule has 4 aromatic rings. The van der Waals surface area contributed by atoms with Gasteiger partial charge in [-0.05, 0) is 37.6 Å². The molecule has 0 unspecified atom stereocenters. The van der Waals surface area contributed by atoms with Gasteiger partial charge in [-0.2, -0.15) is 4.52 Å². The molecule has 0 radical (unpaired) electrons. The number of anilines is 3. The molecule has 146 valence electrons. The molecule has 0 atom stereocenters. The molecule has 0 spiro atoms. The molecule has 3 aromatic heterocycles. The predicted molar refractivity (Wildman–Crippen MR) is 109 cm³/mol. The van der Waals surface area contributed by atoms with Gasteiger partial charge in [0.1, 0.15) is 12.1 Å². The van der Waals surface area contributed by atoms with E-state index < -0.39 is 0 Å². The number of aryl methyl sites for hydroxylation is 1. The van der Waals surface area contributed by atoms with Gasteiger partial charge in [0.15, 0.2) is 11.5 Å². The summed E-state index contributed by atoms with van der Waals surface area (Å²) < 4.78 is 15.7. The van der Waals surface area contributed by atoms with E-state index in [0.29, 0.717) is 12.2 Å². The van der Waals surface area contributed by atoms with Crippen LogP contribution in [0, 0.1) is 19.7 Å². The lowest BCUT2D eigenvalue weighted by atomic mass is 10.0. The number of para-hydroxylation sites is 1. The molecule has 0 saturated carbocycles. The zero-order chi connectivity index (χ0) is 20.0. The Kier molecular flexibility index (Phi) is 4.12. The van der Waals surface area contributed by atoms with Crippen LogP contribution in [0.3, 0.4) is 0 Å². The molecule has 1 N–H and O–H groups in total. The van der Waals surface area contributed by atoms with E-state index in [1.54, 1.807) is 35.2 Å². The molecular formula is C21H20FN7. The average molecular weight is 389 g/mol. The summed E-state index contributed by atoms with van der Waals surface area (Å²) in [4.78, 5) is 6.85. The fourth-order valence-electron chi connectivity index (χ4n) is 3.76. The average Bonchev–Trinajstić information content (AvgIpc) is 3.21. The van der Waals surface area contributed by atoms with E-state index in [1.165, 1.54) is 6.07 Å². The van der Waals surface area contributed by atoms with Crippen molar-refractivity contribution in [2.75, 3.05) is 16.8 Å². The van der Waals surface area contributed by atoms with Crippen LogP contribution in [-0.2, 0) is 13.0 Å². The maximum atomic E-state index is 14.0. The summed E-state index contributed by atoms with van der Waals surface area (Å²) in [5.41, 5.74) is 6.34. The SMILES string of the molecule is Cc1c(N2CCc3ncc(Nc4ccccc4F)cc3C2)nn2cnnc2c1C. The minimum absolute atomic E-state index is 0.288. The lowest BCUT2D eigenvalue weighted by Gasteiger charge is -2.30. The summed E-state index contributed by atoms with van der Waals surface area (Å²) >= 11 is 0. The Morgan fingerprint density at radius 2 is 2.00 bits per heavy atom. The van der Waals surface area contributed by atoms with Crippen molar-refractivity contribution in [2.45, 2.75) is 26.8 Å². The van der Waals surface area contributed by atoms with Crippen molar-refractivity contribution in [3.63, 3.8) is 0 Å². The third-order valence-electron chi connectivity index (χ3n) is 5.46. The van der Waals surface area contributed by atoms with Gasteiger partial charge in [-0.15, -0.1) is 15.3 Å². The third-order valence-corrected chi connectivity index (χ3v) is 5.46. The number of pyridine rings is 1. The zero-order valence-electron chi connectivity index (χ0n) is 16.2. The molecule has 29 heavy (non-hydrogen) atoms. The molecule has 0 amide bonds. The number of hydrogen-bond donors (Lipinski definition) is 1. The Labute approximate surface area is 167 Å². The van der Waals surface area contributed by atoms with Crippen molar-refractivity contribution < 1.29 is 4.39 Å². The summed E-state index contributed by atoms with van der Waals surface area (Å²) in [7, 11) is 0. The van der Waals surface area contributed by atoms with Gasteiger partial charge < -0.3 is 10.2 Å². The van der Waals surface area contributed by atoms with Gasteiger partial charge in [-0.3, -0.25) is 4.98 Å². The Morgan fingerprint density at radius 3 is 2.86 bits per heavy atom. The van der Waals surface area contributed by atoms with Crippen molar-refractivity contribution in [1.82, 2.24) is 24.8 Å². The minimum Gasteiger partial charge on any atom is -0.352 e. The molecule has 8 heteroatoms. The number of halogens is 1. The largest absolute Gasteiger partial charge is 0.352 e. The normalized spacial score (nSPS) is 13.6. The Bertz CT molecular complexity index is 1220. The van der Waals surface area contributed by atoms with E-state index in [0.717, 1.165) is 52.5 Å². The lowest BCUT2D eigenvalue weighted by Crippen LogP contribution is -2.32. The van der Waals surface area contributed by atoms with E-state index >= 15 is 0 Å². The second-order valence-corrected chi connectivity index (χ2v) is 7.28. The van der Waals surface area contributed by atoms with E-state index in [9.17, 15) is 4.39 Å². The first-order valence-electron chi connectivity index (χ1n) is 9.51. The molecule has 1 aliphatic heterocycles. The highest BCUT2D eigenvalue weighted by molar-refractivity contribution is 5.62. The van der Waals surface area contributed by atoms with Gasteiger partial charge in [0.25, 0.3) is 0 Å². The van der Waals surface area contributed by atoms with Crippen LogP contribution in [0.1, 0.15) is 22.4 Å². The molecular weight excluding hydrogens is 369 g/mol. The highest BCUT2D eigenvalue weighted by Crippen LogP contribution is 2.29. The van der Waals surface area contributed by atoms with Gasteiger partial charge in [-0.1, -0.05) is 12.1 Å². The standard InChI is InChI=1S/C21H20FN7/c1-13-14(2)21(27-29-12-24-26-20(13)29)28-8-7-18-15(11-28)9-16(10-23-18)25-19-6-4-3-5-17(19)22/h3-6,9-10,12,25H,7-8,11H2,1-2H3. The van der Waals surface area contributed by atoms with Crippen LogP contribution in [0.25, 0.3) is 5.65 Å². The number of nitrogens with zero attached hydrogens (tertiary/aromatic N) is 6. The van der Waals surface area contributed by atoms with Crippen molar-refractivity contribution >= 4 is 22.8 Å². The van der Waals surface area contributed by atoms with Crippen LogP contribution < -0.4 is 10.2 Å². The molecule has 5 rings (SSSR count). The second-order valence-electron chi connectivity index (χ2n) is 7.28. The van der Waals surface area contributed by atoms with Gasteiger partial charge >= 0.3 is 0 Å². The summed E-state index contributed by atoms with van der Waals surface area (Å²) in [6, 6.07) is 8.67. The molecule has 0 saturated heterocycles. The summed E-state index contributed by atoms with van der Waals surface area (Å²) in [6.07, 6.45) is 4.22. The van der Waals surface area contributed by atoms with E-state index in [4.69, 9.17) is 5.10 Å². The first kappa shape index (κ1) is 17.5. The maximum absolute atomic E-state index is 14.0. The quantitative estimate of drug-likeness (QED) is 0.578. The smallest absolute Gasteiger partial charge is 0.180 e. The van der Waals surface area contributed by atoms with Crippen LogP contribution in [0.5, 0.6) is 0 Å². The van der Waals surface area contributed by atoms with E-state index in [2.05, 4.69) is 32.3 Å². The Balaban J connectivity index is 1.46. The van der Waals surface area contributed by atoms with E-state index in [-0.39, 0.29) is 5.82 Å². The number of fused-ring (bicyclic) bond motifs is 2. The second kappa shape index (κ2) is 6.80. The molecule has 0 bridgehead atoms. The van der Waals surface area contributed by atoms with Crippen LogP contribution in [0.2, 0.25) is 0 Å². The molecule has 7 nitrogen and oxygen atoms in total. The lowest BCUT2D eigenvalue weighted by molar-refractivity contribution is 0.632. The minimum atomic E-state index is -0.288. The van der Waals surface area contributed by atoms with Crippen molar-refractivity contribution in [3.05, 3.63) is 71.1 Å². The third kappa shape index (κ3) is 3.06. The highest BCUT2D eigenvalue weighted by Gasteiger charge is 2.22. The van der Waals surface area contributed by atoms with Gasteiger partial charge in [0.2, 0.25) is 0 Å². The molecule has 1 aliphatic rings. The zero-order valence-corrected chi connectivity index (χ0v) is 16.2. The van der Waals surface area contributed by atoms with Crippen molar-refractivity contribution in [3.8, 4) is 0 Å². The monoisotopic (exact) mass is 389 g/mol. The first-order chi connectivity index (χ1) is 14.1. The Morgan fingerprint density at radius 1 is 1.14 bits per heavy atom. The molecule has 0 aliphatic carbocycles. The van der Waals surface area contributed by atoms with Crippen LogP contribution in [0.15, 0.2) is 42.9 Å². The van der Waals surface area contributed by atoms with Crippen LogP contribution >= 0.6 is 0 Å². The summed E-state index contributed by atoms with van der Waals surface area (Å²) in [6.45, 7) is 5.63. The first-order valence-corrected chi connectivity index (χ1v) is 9.51. The molecule has 0 fully saturated rings. The molecule has 1 aromatic carbocycles. The van der Waals surface area contributed by atoms with Gasteiger partial charge in [0.05, 0.1) is 17.6 Å². The topological polar surface area (TPSA) is 71.2 Å². The summed E-state index contributed by atoms with van der Waals surface area (Å²) in [5, 5.41) is 16.0. The van der Waals surface area contributed by atoms with E-state index in [1.807, 2.05) is 13.0 Å². The van der Waals surface area contributed by atoms with Crippen molar-refractivity contribution in [1.29, 1.82) is 0 Å². The number of rotatable bonds is 3. The molecule has 4 heterocycles. The number of hydrogen-bond acceptors (Lipinski definition) is 6. The number of aromatic nitrogens is 5. The Hall–Kier alpha value is -3.55. The maximum Gasteiger partial charge on any atom is 0.180 e. The fourth-order valence-corrected chi connectivity index (χ4v) is 3.76. The number of nitrogens with one attached hydrogen (secondary N) is 1. The van der Waals surface area contributed by atoms with Gasteiger partial charge in [-0.25, -0.2) is 4.39 Å².